The fraction of sp³-hybridized carbons (Fsp3) is 0.188. The number of nitriles is 1. The zero-order valence-corrected chi connectivity index (χ0v) is 12.6. The number of benzene rings is 2. The summed E-state index contributed by atoms with van der Waals surface area (Å²) in [7, 11) is 0. The highest BCUT2D eigenvalue weighted by Gasteiger charge is 2.07. The van der Waals surface area contributed by atoms with Crippen LogP contribution in [0.15, 0.2) is 36.4 Å². The maximum Gasteiger partial charge on any atom is 0.144 e. The third-order valence-electron chi connectivity index (χ3n) is 2.76. The van der Waals surface area contributed by atoms with E-state index in [2.05, 4.69) is 11.4 Å². The van der Waals surface area contributed by atoms with Gasteiger partial charge in [-0.1, -0.05) is 11.6 Å². The molecule has 108 valence electrons. The number of ether oxygens (including phenoxy) is 1. The molecule has 0 aliphatic rings. The molecule has 2 rings (SSSR count). The van der Waals surface area contributed by atoms with Gasteiger partial charge in [-0.05, 0) is 44.2 Å². The summed E-state index contributed by atoms with van der Waals surface area (Å²) in [5.74, 6) is 0.607. The van der Waals surface area contributed by atoms with Gasteiger partial charge < -0.3 is 15.8 Å². The van der Waals surface area contributed by atoms with Gasteiger partial charge in [0, 0.05) is 16.8 Å². The van der Waals surface area contributed by atoms with Crippen LogP contribution in [0.25, 0.3) is 0 Å². The predicted molar refractivity (Wildman–Crippen MR) is 86.1 cm³/mol. The lowest BCUT2D eigenvalue weighted by molar-refractivity contribution is 0.244. The average molecular weight is 302 g/mol. The molecule has 0 atom stereocenters. The molecule has 2 aromatic carbocycles. The minimum absolute atomic E-state index is 0.0309. The zero-order valence-electron chi connectivity index (χ0n) is 11.9. The summed E-state index contributed by atoms with van der Waals surface area (Å²) in [6.45, 7) is 3.87. The Kier molecular flexibility index (Phi) is 4.56. The van der Waals surface area contributed by atoms with Gasteiger partial charge in [-0.3, -0.25) is 0 Å². The second-order valence-electron chi connectivity index (χ2n) is 4.85. The van der Waals surface area contributed by atoms with Crippen molar-refractivity contribution >= 4 is 28.7 Å². The van der Waals surface area contributed by atoms with E-state index in [1.54, 1.807) is 30.3 Å². The number of nitrogens with one attached hydrogen (secondary N) is 1. The number of rotatable bonds is 4. The van der Waals surface area contributed by atoms with Crippen molar-refractivity contribution in [2.75, 3.05) is 11.1 Å². The van der Waals surface area contributed by atoms with Gasteiger partial charge in [-0.15, -0.1) is 0 Å². The quantitative estimate of drug-likeness (QED) is 0.825. The van der Waals surface area contributed by atoms with E-state index in [0.29, 0.717) is 27.7 Å². The molecule has 0 saturated carbocycles. The molecule has 0 saturated heterocycles. The maximum absolute atomic E-state index is 9.13. The van der Waals surface area contributed by atoms with Crippen LogP contribution in [0.5, 0.6) is 5.75 Å². The molecule has 0 spiro atoms. The van der Waals surface area contributed by atoms with Gasteiger partial charge >= 0.3 is 0 Å². The topological polar surface area (TPSA) is 71.1 Å². The molecule has 2 aromatic rings. The van der Waals surface area contributed by atoms with Gasteiger partial charge in [0.05, 0.1) is 23.0 Å². The monoisotopic (exact) mass is 301 g/mol. The third-order valence-corrected chi connectivity index (χ3v) is 2.99. The van der Waals surface area contributed by atoms with E-state index < -0.39 is 0 Å². The van der Waals surface area contributed by atoms with Crippen molar-refractivity contribution in [2.24, 2.45) is 0 Å². The van der Waals surface area contributed by atoms with Crippen molar-refractivity contribution in [3.8, 4) is 11.8 Å². The molecule has 0 amide bonds. The Morgan fingerprint density at radius 2 is 2.00 bits per heavy atom. The Balaban J connectivity index is 2.32. The van der Waals surface area contributed by atoms with Crippen molar-refractivity contribution < 1.29 is 4.74 Å². The number of anilines is 3. The summed E-state index contributed by atoms with van der Waals surface area (Å²) in [5.41, 5.74) is 8.39. The van der Waals surface area contributed by atoms with Crippen LogP contribution in [0, 0.1) is 11.3 Å². The summed E-state index contributed by atoms with van der Waals surface area (Å²) in [6.07, 6.45) is 0.0309. The molecule has 0 fully saturated rings. The lowest BCUT2D eigenvalue weighted by Crippen LogP contribution is -2.07. The molecule has 0 heterocycles. The van der Waals surface area contributed by atoms with Gasteiger partial charge in [0.2, 0.25) is 0 Å². The Morgan fingerprint density at radius 1 is 1.24 bits per heavy atom. The number of hydrogen-bond acceptors (Lipinski definition) is 4. The van der Waals surface area contributed by atoms with Crippen molar-refractivity contribution in [3.05, 3.63) is 47.0 Å². The molecular formula is C16H16ClN3O. The molecule has 0 aliphatic carbocycles. The molecule has 4 nitrogen and oxygen atoms in total. The van der Waals surface area contributed by atoms with E-state index in [-0.39, 0.29) is 6.10 Å². The minimum Gasteiger partial charge on any atom is -0.489 e. The molecular weight excluding hydrogens is 286 g/mol. The summed E-state index contributed by atoms with van der Waals surface area (Å²) in [6, 6.07) is 12.6. The van der Waals surface area contributed by atoms with Crippen molar-refractivity contribution in [2.45, 2.75) is 20.0 Å². The average Bonchev–Trinajstić information content (AvgIpc) is 2.42. The molecule has 21 heavy (non-hydrogen) atoms. The van der Waals surface area contributed by atoms with Crippen LogP contribution < -0.4 is 15.8 Å². The number of halogens is 1. The van der Waals surface area contributed by atoms with Gasteiger partial charge in [0.15, 0.2) is 0 Å². The predicted octanol–water partition coefficient (Wildman–Crippen LogP) is 4.32. The van der Waals surface area contributed by atoms with Crippen LogP contribution in [0.2, 0.25) is 5.02 Å². The lowest BCUT2D eigenvalue weighted by atomic mass is 10.2. The highest BCUT2D eigenvalue weighted by Crippen LogP contribution is 2.30. The molecule has 0 aliphatic heterocycles. The molecule has 3 N–H and O–H groups in total. The summed E-state index contributed by atoms with van der Waals surface area (Å²) in [5, 5.41) is 12.9. The van der Waals surface area contributed by atoms with Crippen LogP contribution in [-0.2, 0) is 0 Å². The first kappa shape index (κ1) is 15.0. The normalized spacial score (nSPS) is 10.2. The van der Waals surface area contributed by atoms with E-state index in [4.69, 9.17) is 27.3 Å². The first-order chi connectivity index (χ1) is 9.99. The van der Waals surface area contributed by atoms with Crippen molar-refractivity contribution in [1.82, 2.24) is 0 Å². The van der Waals surface area contributed by atoms with Crippen molar-refractivity contribution in [3.63, 3.8) is 0 Å². The minimum atomic E-state index is 0.0309. The fourth-order valence-electron chi connectivity index (χ4n) is 1.84. The Bertz CT molecular complexity index is 692. The standard InChI is InChI=1S/C16H16ClN3O/c1-10(2)21-16-8-13(5-6-14(16)19)20-15-7-12(17)4-3-11(15)9-18/h3-8,10,20H,19H2,1-2H3. The van der Waals surface area contributed by atoms with Crippen LogP contribution in [-0.4, -0.2) is 6.10 Å². The van der Waals surface area contributed by atoms with Crippen LogP contribution in [0.4, 0.5) is 17.1 Å². The van der Waals surface area contributed by atoms with E-state index in [1.807, 2.05) is 19.9 Å². The smallest absolute Gasteiger partial charge is 0.144 e. The van der Waals surface area contributed by atoms with E-state index >= 15 is 0 Å². The second kappa shape index (κ2) is 6.38. The van der Waals surface area contributed by atoms with E-state index in [1.165, 1.54) is 0 Å². The molecule has 5 heteroatoms. The lowest BCUT2D eigenvalue weighted by Gasteiger charge is -2.15. The Morgan fingerprint density at radius 3 is 2.67 bits per heavy atom. The highest BCUT2D eigenvalue weighted by molar-refractivity contribution is 6.30. The third kappa shape index (κ3) is 3.80. The summed E-state index contributed by atoms with van der Waals surface area (Å²) >= 11 is 5.97. The number of nitrogen functional groups attached to an aromatic ring is 1. The summed E-state index contributed by atoms with van der Waals surface area (Å²) in [4.78, 5) is 0. The summed E-state index contributed by atoms with van der Waals surface area (Å²) < 4.78 is 5.65. The fourth-order valence-corrected chi connectivity index (χ4v) is 2.01. The van der Waals surface area contributed by atoms with Gasteiger partial charge in [-0.2, -0.15) is 5.26 Å². The molecule has 0 bridgehead atoms. The molecule has 0 aromatic heterocycles. The first-order valence-corrected chi connectivity index (χ1v) is 6.90. The number of nitrogens with two attached hydrogens (primary N) is 1. The SMILES string of the molecule is CC(C)Oc1cc(Nc2cc(Cl)ccc2C#N)ccc1N. The number of hydrogen-bond donors (Lipinski definition) is 2. The Labute approximate surface area is 129 Å². The second-order valence-corrected chi connectivity index (χ2v) is 5.28. The van der Waals surface area contributed by atoms with E-state index in [0.717, 1.165) is 5.69 Å². The highest BCUT2D eigenvalue weighted by atomic mass is 35.5. The van der Waals surface area contributed by atoms with Crippen LogP contribution >= 0.6 is 11.6 Å². The van der Waals surface area contributed by atoms with Gasteiger partial charge in [0.1, 0.15) is 11.8 Å². The molecule has 0 unspecified atom stereocenters. The largest absolute Gasteiger partial charge is 0.489 e. The van der Waals surface area contributed by atoms with Crippen LogP contribution in [0.3, 0.4) is 0 Å². The van der Waals surface area contributed by atoms with Crippen LogP contribution in [0.1, 0.15) is 19.4 Å². The zero-order chi connectivity index (χ0) is 15.4. The maximum atomic E-state index is 9.13. The first-order valence-electron chi connectivity index (χ1n) is 6.52. The molecule has 0 radical (unpaired) electrons. The van der Waals surface area contributed by atoms with Gasteiger partial charge in [0.25, 0.3) is 0 Å². The van der Waals surface area contributed by atoms with Crippen molar-refractivity contribution in [1.29, 1.82) is 5.26 Å². The van der Waals surface area contributed by atoms with E-state index in [9.17, 15) is 0 Å². The van der Waals surface area contributed by atoms with Gasteiger partial charge in [-0.25, -0.2) is 0 Å². The Hall–Kier alpha value is -2.38. The number of nitrogens with zero attached hydrogens (tertiary/aromatic N) is 1.